The lowest BCUT2D eigenvalue weighted by Gasteiger charge is -2.31. The van der Waals surface area contributed by atoms with Gasteiger partial charge in [-0.15, -0.1) is 0 Å². The maximum atomic E-state index is 11.8. The third-order valence-electron chi connectivity index (χ3n) is 3.96. The second-order valence-electron chi connectivity index (χ2n) is 5.57. The number of furan rings is 1. The van der Waals surface area contributed by atoms with Crippen LogP contribution in [0.15, 0.2) is 47.3 Å². The SMILES string of the molecule is O=C(C=Cc1ccco1)NCC1CCN(c2ncccn2)CC1. The summed E-state index contributed by atoms with van der Waals surface area (Å²) in [5.41, 5.74) is 0. The summed E-state index contributed by atoms with van der Waals surface area (Å²) < 4.78 is 5.15. The van der Waals surface area contributed by atoms with Crippen molar-refractivity contribution in [2.24, 2.45) is 5.92 Å². The molecule has 120 valence electrons. The molecule has 2 aromatic rings. The standard InChI is InChI=1S/C17H20N4O2/c22-16(5-4-15-3-1-12-23-15)20-13-14-6-10-21(11-7-14)17-18-8-2-9-19-17/h1-5,8-9,12,14H,6-7,10-11,13H2,(H,20,22). The normalized spacial score (nSPS) is 15.9. The molecule has 1 amide bonds. The largest absolute Gasteiger partial charge is 0.465 e. The van der Waals surface area contributed by atoms with Gasteiger partial charge in [0, 0.05) is 38.1 Å². The van der Waals surface area contributed by atoms with Gasteiger partial charge < -0.3 is 14.6 Å². The van der Waals surface area contributed by atoms with Gasteiger partial charge in [-0.05, 0) is 43.0 Å². The number of piperidine rings is 1. The molecule has 2 aromatic heterocycles. The van der Waals surface area contributed by atoms with E-state index >= 15 is 0 Å². The van der Waals surface area contributed by atoms with E-state index < -0.39 is 0 Å². The number of amides is 1. The Balaban J connectivity index is 1.40. The minimum absolute atomic E-state index is 0.0878. The molecule has 6 nitrogen and oxygen atoms in total. The summed E-state index contributed by atoms with van der Waals surface area (Å²) in [6.45, 7) is 2.55. The predicted octanol–water partition coefficient (Wildman–Crippen LogP) is 2.12. The number of anilines is 1. The number of hydrogen-bond donors (Lipinski definition) is 1. The van der Waals surface area contributed by atoms with Crippen molar-refractivity contribution < 1.29 is 9.21 Å². The van der Waals surface area contributed by atoms with Gasteiger partial charge in [0.2, 0.25) is 11.9 Å². The molecule has 3 rings (SSSR count). The first-order chi connectivity index (χ1) is 11.3. The predicted molar refractivity (Wildman–Crippen MR) is 87.7 cm³/mol. The Hall–Kier alpha value is -2.63. The smallest absolute Gasteiger partial charge is 0.244 e. The highest BCUT2D eigenvalue weighted by Crippen LogP contribution is 2.19. The van der Waals surface area contributed by atoms with E-state index in [-0.39, 0.29) is 5.91 Å². The molecule has 0 radical (unpaired) electrons. The summed E-state index contributed by atoms with van der Waals surface area (Å²) >= 11 is 0. The Morgan fingerprint density at radius 2 is 2.09 bits per heavy atom. The Morgan fingerprint density at radius 1 is 1.30 bits per heavy atom. The van der Waals surface area contributed by atoms with Gasteiger partial charge in [0.05, 0.1) is 6.26 Å². The number of carbonyl (C=O) groups excluding carboxylic acids is 1. The van der Waals surface area contributed by atoms with Crippen molar-refractivity contribution in [2.45, 2.75) is 12.8 Å². The molecule has 1 saturated heterocycles. The number of nitrogens with one attached hydrogen (secondary N) is 1. The monoisotopic (exact) mass is 312 g/mol. The van der Waals surface area contributed by atoms with Crippen LogP contribution in [-0.4, -0.2) is 35.5 Å². The van der Waals surface area contributed by atoms with Crippen LogP contribution in [0.1, 0.15) is 18.6 Å². The number of aromatic nitrogens is 2. The molecule has 23 heavy (non-hydrogen) atoms. The molecule has 1 aliphatic rings. The van der Waals surface area contributed by atoms with E-state index in [4.69, 9.17) is 4.42 Å². The third kappa shape index (κ3) is 4.42. The molecule has 0 saturated carbocycles. The van der Waals surface area contributed by atoms with Gasteiger partial charge in [-0.2, -0.15) is 0 Å². The third-order valence-corrected chi connectivity index (χ3v) is 3.96. The molecular weight excluding hydrogens is 292 g/mol. The molecule has 0 spiro atoms. The highest BCUT2D eigenvalue weighted by atomic mass is 16.3. The molecule has 0 unspecified atom stereocenters. The van der Waals surface area contributed by atoms with Crippen molar-refractivity contribution in [1.82, 2.24) is 15.3 Å². The van der Waals surface area contributed by atoms with Crippen LogP contribution in [0.5, 0.6) is 0 Å². The second kappa shape index (κ2) is 7.58. The fourth-order valence-electron chi connectivity index (χ4n) is 2.64. The van der Waals surface area contributed by atoms with E-state index in [1.54, 1.807) is 30.8 Å². The summed E-state index contributed by atoms with van der Waals surface area (Å²) in [6.07, 6.45) is 10.3. The van der Waals surface area contributed by atoms with Gasteiger partial charge in [-0.3, -0.25) is 4.79 Å². The van der Waals surface area contributed by atoms with E-state index in [1.165, 1.54) is 6.08 Å². The van der Waals surface area contributed by atoms with Gasteiger partial charge in [-0.1, -0.05) is 0 Å². The van der Waals surface area contributed by atoms with Crippen molar-refractivity contribution in [2.75, 3.05) is 24.5 Å². The topological polar surface area (TPSA) is 71.3 Å². The van der Waals surface area contributed by atoms with E-state index in [0.717, 1.165) is 31.9 Å². The maximum Gasteiger partial charge on any atom is 0.244 e. The fourth-order valence-corrected chi connectivity index (χ4v) is 2.64. The van der Waals surface area contributed by atoms with Crippen LogP contribution in [0.25, 0.3) is 6.08 Å². The number of nitrogens with zero attached hydrogens (tertiary/aromatic N) is 3. The van der Waals surface area contributed by atoms with Gasteiger partial charge in [0.15, 0.2) is 0 Å². The highest BCUT2D eigenvalue weighted by molar-refractivity contribution is 5.91. The molecule has 0 aromatic carbocycles. The summed E-state index contributed by atoms with van der Waals surface area (Å²) in [7, 11) is 0. The summed E-state index contributed by atoms with van der Waals surface area (Å²) in [5.74, 6) is 1.87. The van der Waals surface area contributed by atoms with Crippen LogP contribution in [0.3, 0.4) is 0 Å². The first kappa shape index (κ1) is 15.3. The van der Waals surface area contributed by atoms with Crippen molar-refractivity contribution in [3.63, 3.8) is 0 Å². The maximum absolute atomic E-state index is 11.8. The van der Waals surface area contributed by atoms with Crippen molar-refractivity contribution in [3.05, 3.63) is 48.7 Å². The molecule has 1 aliphatic heterocycles. The lowest BCUT2D eigenvalue weighted by atomic mass is 9.97. The van der Waals surface area contributed by atoms with Crippen LogP contribution in [-0.2, 0) is 4.79 Å². The average molecular weight is 312 g/mol. The van der Waals surface area contributed by atoms with Crippen LogP contribution in [0, 0.1) is 5.92 Å². The second-order valence-corrected chi connectivity index (χ2v) is 5.57. The Kier molecular flexibility index (Phi) is 5.03. The van der Waals surface area contributed by atoms with Crippen molar-refractivity contribution in [3.8, 4) is 0 Å². The zero-order valence-corrected chi connectivity index (χ0v) is 12.9. The summed E-state index contributed by atoms with van der Waals surface area (Å²) in [6, 6.07) is 5.43. The van der Waals surface area contributed by atoms with E-state index in [1.807, 2.05) is 12.1 Å². The van der Waals surface area contributed by atoms with E-state index in [2.05, 4.69) is 20.2 Å². The molecule has 0 aliphatic carbocycles. The van der Waals surface area contributed by atoms with E-state index in [9.17, 15) is 4.79 Å². The number of carbonyl (C=O) groups is 1. The van der Waals surface area contributed by atoms with Gasteiger partial charge >= 0.3 is 0 Å². The van der Waals surface area contributed by atoms with Crippen LogP contribution in [0.4, 0.5) is 5.95 Å². The van der Waals surface area contributed by atoms with Gasteiger partial charge in [0.1, 0.15) is 5.76 Å². The molecule has 1 fully saturated rings. The Labute approximate surface area is 135 Å². The summed E-state index contributed by atoms with van der Waals surface area (Å²) in [5, 5.41) is 2.95. The number of rotatable bonds is 5. The van der Waals surface area contributed by atoms with Crippen LogP contribution < -0.4 is 10.2 Å². The average Bonchev–Trinajstić information content (AvgIpc) is 3.13. The van der Waals surface area contributed by atoms with Crippen LogP contribution >= 0.6 is 0 Å². The first-order valence-corrected chi connectivity index (χ1v) is 7.82. The lowest BCUT2D eigenvalue weighted by molar-refractivity contribution is -0.116. The van der Waals surface area contributed by atoms with E-state index in [0.29, 0.717) is 18.2 Å². The quantitative estimate of drug-likeness (QED) is 0.856. The Bertz CT molecular complexity index is 632. The molecule has 0 bridgehead atoms. The van der Waals surface area contributed by atoms with Crippen molar-refractivity contribution >= 4 is 17.9 Å². The van der Waals surface area contributed by atoms with Gasteiger partial charge in [-0.25, -0.2) is 9.97 Å². The lowest BCUT2D eigenvalue weighted by Crippen LogP contribution is -2.39. The summed E-state index contributed by atoms with van der Waals surface area (Å²) in [4.78, 5) is 22.5. The molecule has 3 heterocycles. The molecule has 0 atom stereocenters. The first-order valence-electron chi connectivity index (χ1n) is 7.82. The fraction of sp³-hybridized carbons (Fsp3) is 0.353. The number of hydrogen-bond acceptors (Lipinski definition) is 5. The van der Waals surface area contributed by atoms with Crippen LogP contribution in [0.2, 0.25) is 0 Å². The molecular formula is C17H20N4O2. The minimum Gasteiger partial charge on any atom is -0.465 e. The minimum atomic E-state index is -0.0878. The molecule has 6 heteroatoms. The molecule has 1 N–H and O–H groups in total. The zero-order valence-electron chi connectivity index (χ0n) is 12.9. The zero-order chi connectivity index (χ0) is 15.9. The Morgan fingerprint density at radius 3 is 2.78 bits per heavy atom. The van der Waals surface area contributed by atoms with Gasteiger partial charge in [0.25, 0.3) is 0 Å². The highest BCUT2D eigenvalue weighted by Gasteiger charge is 2.20. The van der Waals surface area contributed by atoms with Crippen molar-refractivity contribution in [1.29, 1.82) is 0 Å².